The maximum atomic E-state index is 7.00. The Morgan fingerprint density at radius 3 is 2.31 bits per heavy atom. The second-order valence-electron chi connectivity index (χ2n) is 3.68. The van der Waals surface area contributed by atoms with Crippen LogP contribution < -0.4 is 0 Å². The van der Waals surface area contributed by atoms with E-state index in [2.05, 4.69) is 4.85 Å². The molecule has 0 aliphatic rings. The fraction of sp³-hybridized carbons (Fsp3) is 0.0714. The standard InChI is InChI=1S/C14H10ClN/c1-10-3-5-11(6-4-10)12-7-13(15)9-14(8-12)16-2/h3-9H,1H3. The molecule has 0 saturated carbocycles. The molecule has 0 radical (unpaired) electrons. The molecule has 2 rings (SSSR count). The lowest BCUT2D eigenvalue weighted by Crippen LogP contribution is -1.78. The van der Waals surface area contributed by atoms with Gasteiger partial charge in [0.2, 0.25) is 0 Å². The molecule has 0 aliphatic carbocycles. The average Bonchev–Trinajstić information content (AvgIpc) is 2.29. The molecule has 0 amide bonds. The first kappa shape index (κ1) is 10.7. The van der Waals surface area contributed by atoms with Crippen LogP contribution in [-0.2, 0) is 0 Å². The third-order valence-corrected chi connectivity index (χ3v) is 2.61. The third kappa shape index (κ3) is 2.24. The Kier molecular flexibility index (Phi) is 2.94. The van der Waals surface area contributed by atoms with E-state index >= 15 is 0 Å². The zero-order chi connectivity index (χ0) is 11.5. The Morgan fingerprint density at radius 1 is 1.00 bits per heavy atom. The van der Waals surface area contributed by atoms with E-state index in [0.717, 1.165) is 11.1 Å². The minimum Gasteiger partial charge on any atom is -0.238 e. The van der Waals surface area contributed by atoms with E-state index < -0.39 is 0 Å². The van der Waals surface area contributed by atoms with E-state index in [9.17, 15) is 0 Å². The number of aryl methyl sites for hydroxylation is 1. The minimum absolute atomic E-state index is 0.572. The summed E-state index contributed by atoms with van der Waals surface area (Å²) in [5.41, 5.74) is 3.86. The van der Waals surface area contributed by atoms with Gasteiger partial charge in [-0.05, 0) is 36.2 Å². The molecule has 0 atom stereocenters. The predicted molar refractivity (Wildman–Crippen MR) is 67.9 cm³/mol. The van der Waals surface area contributed by atoms with Crippen LogP contribution in [0.3, 0.4) is 0 Å². The van der Waals surface area contributed by atoms with Crippen LogP contribution in [-0.4, -0.2) is 0 Å². The lowest BCUT2D eigenvalue weighted by atomic mass is 10.0. The smallest absolute Gasteiger partial charge is 0.189 e. The second-order valence-corrected chi connectivity index (χ2v) is 4.11. The Bertz CT molecular complexity index is 550. The first-order chi connectivity index (χ1) is 7.69. The summed E-state index contributed by atoms with van der Waals surface area (Å²) in [6.07, 6.45) is 0. The number of nitrogens with zero attached hydrogens (tertiary/aromatic N) is 1. The van der Waals surface area contributed by atoms with Crippen LogP contribution in [0.4, 0.5) is 5.69 Å². The molecular formula is C14H10ClN. The SMILES string of the molecule is [C-]#[N+]c1cc(Cl)cc(-c2ccc(C)cc2)c1. The predicted octanol–water partition coefficient (Wildman–Crippen LogP) is 4.87. The summed E-state index contributed by atoms with van der Waals surface area (Å²) in [6.45, 7) is 9.05. The molecule has 2 aromatic rings. The first-order valence-electron chi connectivity index (χ1n) is 4.94. The molecule has 16 heavy (non-hydrogen) atoms. The topological polar surface area (TPSA) is 4.36 Å². The van der Waals surface area contributed by atoms with E-state index in [4.69, 9.17) is 18.2 Å². The summed E-state index contributed by atoms with van der Waals surface area (Å²) >= 11 is 5.97. The van der Waals surface area contributed by atoms with Crippen molar-refractivity contribution in [3.8, 4) is 11.1 Å². The van der Waals surface area contributed by atoms with Crippen LogP contribution in [0.2, 0.25) is 5.02 Å². The highest BCUT2D eigenvalue weighted by atomic mass is 35.5. The van der Waals surface area contributed by atoms with Gasteiger partial charge in [0.1, 0.15) is 0 Å². The van der Waals surface area contributed by atoms with Crippen molar-refractivity contribution in [1.29, 1.82) is 0 Å². The number of hydrogen-bond donors (Lipinski definition) is 0. The molecule has 0 saturated heterocycles. The van der Waals surface area contributed by atoms with Crippen molar-refractivity contribution in [3.05, 3.63) is 64.5 Å². The van der Waals surface area contributed by atoms with Gasteiger partial charge in [0.05, 0.1) is 6.57 Å². The molecule has 0 heterocycles. The van der Waals surface area contributed by atoms with Gasteiger partial charge in [-0.25, -0.2) is 4.85 Å². The van der Waals surface area contributed by atoms with Gasteiger partial charge in [0.15, 0.2) is 5.69 Å². The molecular weight excluding hydrogens is 218 g/mol. The number of hydrogen-bond acceptors (Lipinski definition) is 0. The summed E-state index contributed by atoms with van der Waals surface area (Å²) in [4.78, 5) is 3.40. The monoisotopic (exact) mass is 227 g/mol. The quantitative estimate of drug-likeness (QED) is 0.613. The largest absolute Gasteiger partial charge is 0.238 e. The van der Waals surface area contributed by atoms with Crippen LogP contribution in [0.15, 0.2) is 42.5 Å². The van der Waals surface area contributed by atoms with Crippen LogP contribution >= 0.6 is 11.6 Å². The lowest BCUT2D eigenvalue weighted by Gasteiger charge is -2.04. The summed E-state index contributed by atoms with van der Waals surface area (Å²) < 4.78 is 0. The van der Waals surface area contributed by atoms with E-state index in [1.54, 1.807) is 6.07 Å². The van der Waals surface area contributed by atoms with Crippen LogP contribution in [0.25, 0.3) is 16.0 Å². The zero-order valence-electron chi connectivity index (χ0n) is 8.87. The first-order valence-corrected chi connectivity index (χ1v) is 5.32. The summed E-state index contributed by atoms with van der Waals surface area (Å²) in [5.74, 6) is 0. The molecule has 0 aromatic heterocycles. The van der Waals surface area contributed by atoms with Gasteiger partial charge in [-0.15, -0.1) is 0 Å². The van der Waals surface area contributed by atoms with Crippen LogP contribution in [0.1, 0.15) is 5.56 Å². The van der Waals surface area contributed by atoms with Crippen molar-refractivity contribution in [3.63, 3.8) is 0 Å². The molecule has 0 aliphatic heterocycles. The van der Waals surface area contributed by atoms with Crippen molar-refractivity contribution in [1.82, 2.24) is 0 Å². The Balaban J connectivity index is 2.52. The molecule has 1 nitrogen and oxygen atoms in total. The van der Waals surface area contributed by atoms with Gasteiger partial charge >= 0.3 is 0 Å². The molecule has 0 unspecified atom stereocenters. The fourth-order valence-electron chi connectivity index (χ4n) is 1.55. The summed E-state index contributed by atoms with van der Waals surface area (Å²) in [6, 6.07) is 13.6. The highest BCUT2D eigenvalue weighted by molar-refractivity contribution is 6.31. The zero-order valence-corrected chi connectivity index (χ0v) is 9.62. The third-order valence-electron chi connectivity index (χ3n) is 2.40. The van der Waals surface area contributed by atoms with E-state index in [1.807, 2.05) is 43.3 Å². The lowest BCUT2D eigenvalue weighted by molar-refractivity contribution is 1.47. The Hall–Kier alpha value is -1.78. The number of rotatable bonds is 1. The minimum atomic E-state index is 0.572. The molecule has 0 N–H and O–H groups in total. The van der Waals surface area contributed by atoms with Gasteiger partial charge in [-0.2, -0.15) is 0 Å². The molecule has 0 bridgehead atoms. The van der Waals surface area contributed by atoms with Crippen molar-refractivity contribution in [2.75, 3.05) is 0 Å². The second kappa shape index (κ2) is 4.38. The van der Waals surface area contributed by atoms with E-state index in [1.165, 1.54) is 5.56 Å². The van der Waals surface area contributed by atoms with Gasteiger partial charge in [0.25, 0.3) is 0 Å². The van der Waals surface area contributed by atoms with Crippen molar-refractivity contribution >= 4 is 17.3 Å². The van der Waals surface area contributed by atoms with Gasteiger partial charge in [-0.1, -0.05) is 41.4 Å². The summed E-state index contributed by atoms with van der Waals surface area (Å²) in [7, 11) is 0. The Morgan fingerprint density at radius 2 is 1.69 bits per heavy atom. The van der Waals surface area contributed by atoms with Crippen molar-refractivity contribution in [2.24, 2.45) is 0 Å². The highest BCUT2D eigenvalue weighted by Gasteiger charge is 2.01. The maximum Gasteiger partial charge on any atom is 0.189 e. The number of benzene rings is 2. The fourth-order valence-corrected chi connectivity index (χ4v) is 1.78. The molecule has 2 aromatic carbocycles. The Labute approximate surface area is 100 Å². The van der Waals surface area contributed by atoms with E-state index in [-0.39, 0.29) is 0 Å². The van der Waals surface area contributed by atoms with E-state index in [0.29, 0.717) is 10.7 Å². The van der Waals surface area contributed by atoms with Gasteiger partial charge in [-0.3, -0.25) is 0 Å². The van der Waals surface area contributed by atoms with Crippen LogP contribution in [0, 0.1) is 13.5 Å². The summed E-state index contributed by atoms with van der Waals surface area (Å²) in [5, 5.41) is 0.601. The molecule has 0 fully saturated rings. The normalized spacial score (nSPS) is 9.81. The van der Waals surface area contributed by atoms with Crippen molar-refractivity contribution < 1.29 is 0 Å². The molecule has 78 valence electrons. The van der Waals surface area contributed by atoms with Gasteiger partial charge in [0, 0.05) is 5.02 Å². The molecule has 0 spiro atoms. The maximum absolute atomic E-state index is 7.00. The van der Waals surface area contributed by atoms with Gasteiger partial charge < -0.3 is 0 Å². The average molecular weight is 228 g/mol. The number of halogens is 1. The highest BCUT2D eigenvalue weighted by Crippen LogP contribution is 2.28. The van der Waals surface area contributed by atoms with Crippen LogP contribution in [0.5, 0.6) is 0 Å². The molecule has 2 heteroatoms. The van der Waals surface area contributed by atoms with Crippen molar-refractivity contribution in [2.45, 2.75) is 6.92 Å².